The van der Waals surface area contributed by atoms with E-state index in [9.17, 15) is 22.4 Å². The Labute approximate surface area is 201 Å². The van der Waals surface area contributed by atoms with E-state index in [0.717, 1.165) is 23.0 Å². The fourth-order valence-corrected chi connectivity index (χ4v) is 5.10. The summed E-state index contributed by atoms with van der Waals surface area (Å²) in [6.45, 7) is 2.10. The van der Waals surface area contributed by atoms with Crippen LogP contribution in [0.25, 0.3) is 0 Å². The van der Waals surface area contributed by atoms with E-state index in [4.69, 9.17) is 0 Å². The van der Waals surface area contributed by atoms with Gasteiger partial charge in [-0.3, -0.25) is 4.79 Å². The highest BCUT2D eigenvalue weighted by atomic mass is 19.4. The van der Waals surface area contributed by atoms with E-state index in [0.29, 0.717) is 25.2 Å². The van der Waals surface area contributed by atoms with Crippen LogP contribution in [0.4, 0.5) is 28.9 Å². The van der Waals surface area contributed by atoms with Crippen molar-refractivity contribution in [2.24, 2.45) is 5.92 Å². The van der Waals surface area contributed by atoms with Gasteiger partial charge in [-0.2, -0.15) is 13.2 Å². The zero-order chi connectivity index (χ0) is 24.6. The number of fused-ring (bicyclic) bond motifs is 3. The van der Waals surface area contributed by atoms with Gasteiger partial charge in [0, 0.05) is 37.6 Å². The summed E-state index contributed by atoms with van der Waals surface area (Å²) in [7, 11) is 0. The standard InChI is InChI=1S/C27H25F4N3O/c28-21-9-6-18(7-10-21)16-32-26(35)23-15-19-14-20(27(29,30)31)8-11-24(19)34-13-12-33(17-25(23)34)22-4-2-1-3-5-22/h1-11,14,23,25H,12-13,15-17H2,(H,32,35). The van der Waals surface area contributed by atoms with Crippen LogP contribution in [0, 0.1) is 11.7 Å². The number of piperazine rings is 1. The van der Waals surface area contributed by atoms with E-state index in [-0.39, 0.29) is 30.7 Å². The van der Waals surface area contributed by atoms with Crippen LogP contribution in [0.5, 0.6) is 0 Å². The first-order valence-electron chi connectivity index (χ1n) is 11.6. The predicted octanol–water partition coefficient (Wildman–Crippen LogP) is 5.03. The third-order valence-electron chi connectivity index (χ3n) is 6.88. The van der Waals surface area contributed by atoms with Crippen LogP contribution >= 0.6 is 0 Å². The van der Waals surface area contributed by atoms with Crippen molar-refractivity contribution in [1.29, 1.82) is 0 Å². The van der Waals surface area contributed by atoms with E-state index >= 15 is 0 Å². The third-order valence-corrected chi connectivity index (χ3v) is 6.88. The summed E-state index contributed by atoms with van der Waals surface area (Å²) in [5, 5.41) is 2.92. The molecule has 2 unspecified atom stereocenters. The number of para-hydroxylation sites is 1. The average molecular weight is 484 g/mol. The largest absolute Gasteiger partial charge is 0.416 e. The molecule has 2 heterocycles. The molecule has 5 rings (SSSR count). The average Bonchev–Trinajstić information content (AvgIpc) is 2.87. The molecule has 0 aliphatic carbocycles. The van der Waals surface area contributed by atoms with Crippen molar-refractivity contribution in [2.75, 3.05) is 29.4 Å². The molecule has 35 heavy (non-hydrogen) atoms. The van der Waals surface area contributed by atoms with E-state index in [2.05, 4.69) is 15.1 Å². The number of anilines is 2. The molecular weight excluding hydrogens is 458 g/mol. The highest BCUT2D eigenvalue weighted by Crippen LogP contribution is 2.40. The Morgan fingerprint density at radius 2 is 1.71 bits per heavy atom. The number of hydrogen-bond acceptors (Lipinski definition) is 3. The maximum Gasteiger partial charge on any atom is 0.416 e. The lowest BCUT2D eigenvalue weighted by molar-refractivity contribution is -0.137. The number of alkyl halides is 3. The smallest absolute Gasteiger partial charge is 0.368 e. The summed E-state index contributed by atoms with van der Waals surface area (Å²) < 4.78 is 53.4. The van der Waals surface area contributed by atoms with Gasteiger partial charge in [0.15, 0.2) is 0 Å². The first-order valence-corrected chi connectivity index (χ1v) is 11.6. The van der Waals surface area contributed by atoms with Crippen LogP contribution in [0.3, 0.4) is 0 Å². The topological polar surface area (TPSA) is 35.6 Å². The molecule has 8 heteroatoms. The van der Waals surface area contributed by atoms with Crippen molar-refractivity contribution in [3.05, 3.63) is 95.3 Å². The van der Waals surface area contributed by atoms with Gasteiger partial charge < -0.3 is 15.1 Å². The highest BCUT2D eigenvalue weighted by molar-refractivity contribution is 5.82. The van der Waals surface area contributed by atoms with Crippen LogP contribution in [-0.2, 0) is 23.9 Å². The van der Waals surface area contributed by atoms with Gasteiger partial charge in [-0.05, 0) is 60.0 Å². The SMILES string of the molecule is O=C(NCc1ccc(F)cc1)C1Cc2cc(C(F)(F)F)ccc2N2CCN(c3ccccc3)CC12. The number of benzene rings is 3. The van der Waals surface area contributed by atoms with Crippen LogP contribution in [-0.4, -0.2) is 31.6 Å². The number of nitrogens with zero attached hydrogens (tertiary/aromatic N) is 2. The Hall–Kier alpha value is -3.55. The molecule has 0 radical (unpaired) electrons. The molecule has 1 fully saturated rings. The minimum absolute atomic E-state index is 0.193. The Kier molecular flexibility index (Phi) is 6.13. The van der Waals surface area contributed by atoms with E-state index < -0.39 is 17.7 Å². The zero-order valence-electron chi connectivity index (χ0n) is 18.9. The lowest BCUT2D eigenvalue weighted by Gasteiger charge is -2.49. The molecule has 0 saturated carbocycles. The molecule has 1 N–H and O–H groups in total. The van der Waals surface area contributed by atoms with Crippen molar-refractivity contribution in [2.45, 2.75) is 25.2 Å². The number of hydrogen-bond donors (Lipinski definition) is 1. The third kappa shape index (κ3) is 4.83. The number of nitrogens with one attached hydrogen (secondary N) is 1. The zero-order valence-corrected chi connectivity index (χ0v) is 18.9. The lowest BCUT2D eigenvalue weighted by Crippen LogP contribution is -2.61. The fourth-order valence-electron chi connectivity index (χ4n) is 5.10. The lowest BCUT2D eigenvalue weighted by atomic mass is 9.82. The molecule has 3 aromatic carbocycles. The van der Waals surface area contributed by atoms with Gasteiger partial charge in [0.2, 0.25) is 5.91 Å². The molecule has 3 aromatic rings. The van der Waals surface area contributed by atoms with Crippen molar-refractivity contribution in [3.8, 4) is 0 Å². The number of halogens is 4. The fraction of sp³-hybridized carbons (Fsp3) is 0.296. The van der Waals surface area contributed by atoms with E-state index in [1.807, 2.05) is 30.3 Å². The number of rotatable bonds is 4. The van der Waals surface area contributed by atoms with Gasteiger partial charge >= 0.3 is 6.18 Å². The normalized spacial score (nSPS) is 19.7. The van der Waals surface area contributed by atoms with E-state index in [1.54, 1.807) is 12.1 Å². The number of amides is 1. The monoisotopic (exact) mass is 483 g/mol. The molecule has 2 atom stereocenters. The Bertz CT molecular complexity index is 1200. The van der Waals surface area contributed by atoms with E-state index in [1.165, 1.54) is 24.3 Å². The second-order valence-corrected chi connectivity index (χ2v) is 9.04. The molecule has 2 aliphatic rings. The van der Waals surface area contributed by atoms with Gasteiger partial charge in [0.1, 0.15) is 5.82 Å². The molecule has 0 aromatic heterocycles. The van der Waals surface area contributed by atoms with Crippen LogP contribution < -0.4 is 15.1 Å². The van der Waals surface area contributed by atoms with Crippen molar-refractivity contribution in [3.63, 3.8) is 0 Å². The molecular formula is C27H25F4N3O. The second-order valence-electron chi connectivity index (χ2n) is 9.04. The quantitative estimate of drug-likeness (QED) is 0.529. The summed E-state index contributed by atoms with van der Waals surface area (Å²) in [4.78, 5) is 17.7. The summed E-state index contributed by atoms with van der Waals surface area (Å²) in [6.07, 6.45) is -4.23. The van der Waals surface area contributed by atoms with Gasteiger partial charge in [-0.25, -0.2) is 4.39 Å². The Morgan fingerprint density at radius 1 is 0.971 bits per heavy atom. The Balaban J connectivity index is 1.43. The minimum Gasteiger partial charge on any atom is -0.368 e. The van der Waals surface area contributed by atoms with Crippen molar-refractivity contribution in [1.82, 2.24) is 5.32 Å². The minimum atomic E-state index is -4.45. The van der Waals surface area contributed by atoms with Crippen LogP contribution in [0.2, 0.25) is 0 Å². The summed E-state index contributed by atoms with van der Waals surface area (Å²) in [5.41, 5.74) is 2.39. The maximum atomic E-state index is 13.4. The molecule has 0 bridgehead atoms. The van der Waals surface area contributed by atoms with Crippen LogP contribution in [0.15, 0.2) is 72.8 Å². The Morgan fingerprint density at radius 3 is 2.43 bits per heavy atom. The van der Waals surface area contributed by atoms with Crippen molar-refractivity contribution < 1.29 is 22.4 Å². The first-order chi connectivity index (χ1) is 16.8. The molecule has 1 saturated heterocycles. The number of carbonyl (C=O) groups is 1. The van der Waals surface area contributed by atoms with Gasteiger partial charge in [0.05, 0.1) is 17.5 Å². The molecule has 1 amide bonds. The highest BCUT2D eigenvalue weighted by Gasteiger charge is 2.42. The molecule has 2 aliphatic heterocycles. The van der Waals surface area contributed by atoms with Crippen molar-refractivity contribution >= 4 is 17.3 Å². The summed E-state index contributed by atoms with van der Waals surface area (Å²) in [5.74, 6) is -1.11. The molecule has 182 valence electrons. The van der Waals surface area contributed by atoms with Gasteiger partial charge in [-0.15, -0.1) is 0 Å². The predicted molar refractivity (Wildman–Crippen MR) is 127 cm³/mol. The van der Waals surface area contributed by atoms with Gasteiger partial charge in [0.25, 0.3) is 0 Å². The molecule has 4 nitrogen and oxygen atoms in total. The number of carbonyl (C=O) groups excluding carboxylic acids is 1. The first kappa shape index (κ1) is 23.2. The summed E-state index contributed by atoms with van der Waals surface area (Å²) in [6, 6.07) is 19.4. The summed E-state index contributed by atoms with van der Waals surface area (Å²) >= 11 is 0. The van der Waals surface area contributed by atoms with Crippen LogP contribution in [0.1, 0.15) is 16.7 Å². The molecule has 0 spiro atoms. The van der Waals surface area contributed by atoms with Gasteiger partial charge in [-0.1, -0.05) is 30.3 Å². The maximum absolute atomic E-state index is 13.4. The second kappa shape index (κ2) is 9.24.